The number of hydrogen-bond donors (Lipinski definition) is 0. The second-order valence-corrected chi connectivity index (χ2v) is 7.35. The molecule has 22 heavy (non-hydrogen) atoms. The first-order valence-electron chi connectivity index (χ1n) is 7.44. The second kappa shape index (κ2) is 5.93. The van der Waals surface area contributed by atoms with Crippen molar-refractivity contribution in [1.29, 1.82) is 0 Å². The van der Waals surface area contributed by atoms with Crippen LogP contribution in [0.3, 0.4) is 0 Å². The van der Waals surface area contributed by atoms with Crippen molar-refractivity contribution in [2.45, 2.75) is 39.2 Å². The molecule has 0 unspecified atom stereocenters. The van der Waals surface area contributed by atoms with Crippen molar-refractivity contribution in [3.63, 3.8) is 0 Å². The number of nitrogens with zero attached hydrogens (tertiary/aromatic N) is 2. The molecule has 0 amide bonds. The van der Waals surface area contributed by atoms with Gasteiger partial charge in [0, 0.05) is 0 Å². The Kier molecular flexibility index (Phi) is 4.15. The standard InChI is InChI=1S/C16H20N2O3Se/c1-5-6-7-20-13-9-11-10(8-12(13)19-4)14-15(22-18-17-14)16(2,3)21-11/h8-9H,5-7H2,1-4H3. The van der Waals surface area contributed by atoms with E-state index in [4.69, 9.17) is 14.2 Å². The number of hydrogen-bond acceptors (Lipinski definition) is 5. The Morgan fingerprint density at radius 1 is 1.27 bits per heavy atom. The van der Waals surface area contributed by atoms with Crippen LogP contribution in [0.1, 0.15) is 38.1 Å². The van der Waals surface area contributed by atoms with Gasteiger partial charge in [-0.3, -0.25) is 0 Å². The first kappa shape index (κ1) is 15.4. The summed E-state index contributed by atoms with van der Waals surface area (Å²) in [6, 6.07) is 3.86. The Morgan fingerprint density at radius 3 is 2.82 bits per heavy atom. The van der Waals surface area contributed by atoms with Gasteiger partial charge in [-0.25, -0.2) is 0 Å². The summed E-state index contributed by atoms with van der Waals surface area (Å²) in [5.74, 6) is 2.21. The van der Waals surface area contributed by atoms with Gasteiger partial charge in [-0.05, 0) is 0 Å². The molecular weight excluding hydrogens is 347 g/mol. The van der Waals surface area contributed by atoms with E-state index >= 15 is 0 Å². The van der Waals surface area contributed by atoms with Crippen molar-refractivity contribution in [3.8, 4) is 28.5 Å². The van der Waals surface area contributed by atoms with Gasteiger partial charge < -0.3 is 0 Å². The molecule has 5 nitrogen and oxygen atoms in total. The Hall–Kier alpha value is -1.52. The quantitative estimate of drug-likeness (QED) is 0.601. The summed E-state index contributed by atoms with van der Waals surface area (Å²) in [6.07, 6.45) is 2.11. The van der Waals surface area contributed by atoms with Crippen molar-refractivity contribution in [1.82, 2.24) is 9.19 Å². The van der Waals surface area contributed by atoms with E-state index in [2.05, 4.69) is 30.0 Å². The van der Waals surface area contributed by atoms with E-state index in [9.17, 15) is 0 Å². The maximum absolute atomic E-state index is 6.18. The third-order valence-electron chi connectivity index (χ3n) is 3.68. The molecule has 0 saturated carbocycles. The van der Waals surface area contributed by atoms with Crippen LogP contribution in [0.5, 0.6) is 17.2 Å². The van der Waals surface area contributed by atoms with E-state index in [0.717, 1.165) is 35.6 Å². The van der Waals surface area contributed by atoms with Crippen LogP contribution in [0, 0.1) is 0 Å². The van der Waals surface area contributed by atoms with Crippen LogP contribution in [0.25, 0.3) is 11.3 Å². The van der Waals surface area contributed by atoms with Crippen molar-refractivity contribution in [3.05, 3.63) is 16.6 Å². The van der Waals surface area contributed by atoms with Crippen molar-refractivity contribution >= 4 is 14.7 Å². The number of benzene rings is 1. The summed E-state index contributed by atoms with van der Waals surface area (Å²) in [6.45, 7) is 6.93. The molecule has 118 valence electrons. The zero-order chi connectivity index (χ0) is 15.7. The number of aromatic nitrogens is 2. The Bertz CT molecular complexity index is 682. The normalized spacial score (nSPS) is 14.7. The van der Waals surface area contributed by atoms with Gasteiger partial charge in [0.25, 0.3) is 0 Å². The number of rotatable bonds is 5. The van der Waals surface area contributed by atoms with Crippen LogP contribution in [-0.2, 0) is 5.60 Å². The molecule has 0 atom stereocenters. The minimum atomic E-state index is -0.374. The fourth-order valence-electron chi connectivity index (χ4n) is 2.49. The maximum atomic E-state index is 6.18. The first-order valence-corrected chi connectivity index (χ1v) is 9.06. The molecule has 0 fully saturated rings. The molecule has 0 bridgehead atoms. The molecule has 6 heteroatoms. The third-order valence-corrected chi connectivity index (χ3v) is 5.84. The van der Waals surface area contributed by atoms with Crippen molar-refractivity contribution in [2.24, 2.45) is 0 Å². The van der Waals surface area contributed by atoms with Gasteiger partial charge in [-0.2, -0.15) is 0 Å². The molecule has 0 radical (unpaired) electrons. The summed E-state index contributed by atoms with van der Waals surface area (Å²) in [4.78, 5) is 0. The van der Waals surface area contributed by atoms with Gasteiger partial charge in [0.15, 0.2) is 0 Å². The van der Waals surface area contributed by atoms with E-state index in [0.29, 0.717) is 12.4 Å². The Morgan fingerprint density at radius 2 is 2.09 bits per heavy atom. The molecule has 2 aromatic rings. The van der Waals surface area contributed by atoms with Crippen LogP contribution in [0.4, 0.5) is 0 Å². The van der Waals surface area contributed by atoms with E-state index in [-0.39, 0.29) is 20.3 Å². The minimum absolute atomic E-state index is 0.0139. The molecule has 0 N–H and O–H groups in total. The molecule has 0 saturated heterocycles. The summed E-state index contributed by atoms with van der Waals surface area (Å²) in [7, 11) is 1.65. The third kappa shape index (κ3) is 2.61. The van der Waals surface area contributed by atoms with Crippen LogP contribution in [0.2, 0.25) is 0 Å². The van der Waals surface area contributed by atoms with Gasteiger partial charge in [-0.1, -0.05) is 0 Å². The van der Waals surface area contributed by atoms with Gasteiger partial charge in [0.2, 0.25) is 0 Å². The summed E-state index contributed by atoms with van der Waals surface area (Å²) >= 11 is 0.0139. The SMILES string of the molecule is CCCCOc1cc2c(cc1OC)-c1nn[se]c1C(C)(C)O2. The summed E-state index contributed by atoms with van der Waals surface area (Å²) < 4.78 is 22.9. The van der Waals surface area contributed by atoms with Crippen LogP contribution >= 0.6 is 0 Å². The fraction of sp³-hybridized carbons (Fsp3) is 0.500. The average Bonchev–Trinajstić information content (AvgIpc) is 2.97. The van der Waals surface area contributed by atoms with Gasteiger partial charge in [0.1, 0.15) is 0 Å². The molecule has 1 aromatic heterocycles. The van der Waals surface area contributed by atoms with E-state index in [1.807, 2.05) is 12.1 Å². The second-order valence-electron chi connectivity index (χ2n) is 5.76. The van der Waals surface area contributed by atoms with Gasteiger partial charge >= 0.3 is 136 Å². The monoisotopic (exact) mass is 368 g/mol. The number of ether oxygens (including phenoxy) is 3. The van der Waals surface area contributed by atoms with E-state index < -0.39 is 0 Å². The van der Waals surface area contributed by atoms with Crippen LogP contribution in [-0.4, -0.2) is 37.6 Å². The summed E-state index contributed by atoms with van der Waals surface area (Å²) in [5.41, 5.74) is 1.50. The molecule has 1 aliphatic rings. The average molecular weight is 367 g/mol. The summed E-state index contributed by atoms with van der Waals surface area (Å²) in [5, 5.41) is 4.33. The first-order chi connectivity index (χ1) is 10.6. The number of methoxy groups -OCH3 is 1. The zero-order valence-electron chi connectivity index (χ0n) is 13.3. The Balaban J connectivity index is 2.04. The van der Waals surface area contributed by atoms with Crippen molar-refractivity contribution < 1.29 is 14.2 Å². The zero-order valence-corrected chi connectivity index (χ0v) is 15.0. The van der Waals surface area contributed by atoms with Gasteiger partial charge in [-0.15, -0.1) is 0 Å². The molecule has 3 rings (SSSR count). The predicted molar refractivity (Wildman–Crippen MR) is 85.0 cm³/mol. The van der Waals surface area contributed by atoms with Gasteiger partial charge in [0.05, 0.1) is 0 Å². The van der Waals surface area contributed by atoms with E-state index in [1.165, 1.54) is 4.44 Å². The van der Waals surface area contributed by atoms with Crippen LogP contribution in [0.15, 0.2) is 12.1 Å². The predicted octanol–water partition coefficient (Wildman–Crippen LogP) is 3.02. The molecule has 1 aromatic carbocycles. The Labute approximate surface area is 136 Å². The number of fused-ring (bicyclic) bond motifs is 3. The molecule has 2 heterocycles. The fourth-order valence-corrected chi connectivity index (χ4v) is 3.97. The topological polar surface area (TPSA) is 53.5 Å². The molecular formula is C16H20N2O3Se. The number of unbranched alkanes of at least 4 members (excludes halogenated alkanes) is 1. The van der Waals surface area contributed by atoms with E-state index in [1.54, 1.807) is 7.11 Å². The van der Waals surface area contributed by atoms with Crippen molar-refractivity contribution in [2.75, 3.05) is 13.7 Å². The molecule has 0 aliphatic carbocycles. The molecule has 1 aliphatic heterocycles. The van der Waals surface area contributed by atoms with Crippen LogP contribution < -0.4 is 14.2 Å². The molecule has 0 spiro atoms.